The van der Waals surface area contributed by atoms with Gasteiger partial charge in [0.2, 0.25) is 0 Å². The summed E-state index contributed by atoms with van der Waals surface area (Å²) in [6.45, 7) is 16.2. The van der Waals surface area contributed by atoms with E-state index in [0.29, 0.717) is 24.7 Å². The summed E-state index contributed by atoms with van der Waals surface area (Å²) >= 11 is 0. The summed E-state index contributed by atoms with van der Waals surface area (Å²) in [5.41, 5.74) is 3.40. The van der Waals surface area contributed by atoms with Crippen LogP contribution in [0, 0.1) is 0 Å². The minimum Gasteiger partial charge on any atom is -0.457 e. The molecule has 0 saturated carbocycles. The number of hydrogen-bond donors (Lipinski definition) is 0. The van der Waals surface area contributed by atoms with Crippen molar-refractivity contribution in [1.29, 1.82) is 0 Å². The van der Waals surface area contributed by atoms with Crippen molar-refractivity contribution in [3.05, 3.63) is 72.8 Å². The molecular formula is C26H30O7. The fourth-order valence-corrected chi connectivity index (χ4v) is 3.30. The largest absolute Gasteiger partial charge is 0.457 e. The highest BCUT2D eigenvalue weighted by atomic mass is 17.2. The lowest BCUT2D eigenvalue weighted by atomic mass is 10.0. The Morgan fingerprint density at radius 3 is 1.36 bits per heavy atom. The van der Waals surface area contributed by atoms with E-state index in [0.717, 1.165) is 22.3 Å². The SMILES string of the molecule is C=C(c1ccc(Oc2ccc(C(=C)C3COC(C)(C)OO3)cc2)cc1)C1COC(C)(C)OO1. The van der Waals surface area contributed by atoms with Gasteiger partial charge in [0.05, 0.1) is 13.2 Å². The van der Waals surface area contributed by atoms with E-state index in [-0.39, 0.29) is 12.2 Å². The minimum absolute atomic E-state index is 0.361. The molecule has 0 spiro atoms. The Hall–Kier alpha value is -2.52. The van der Waals surface area contributed by atoms with Crippen molar-refractivity contribution < 1.29 is 33.8 Å². The molecule has 2 heterocycles. The third kappa shape index (κ3) is 5.89. The van der Waals surface area contributed by atoms with Crippen LogP contribution in [-0.2, 0) is 29.0 Å². The smallest absolute Gasteiger partial charge is 0.196 e. The Balaban J connectivity index is 1.33. The predicted octanol–water partition coefficient (Wildman–Crippen LogP) is 5.67. The van der Waals surface area contributed by atoms with Crippen molar-refractivity contribution in [2.24, 2.45) is 0 Å². The molecule has 2 fully saturated rings. The van der Waals surface area contributed by atoms with E-state index in [1.165, 1.54) is 0 Å². The highest BCUT2D eigenvalue weighted by Crippen LogP contribution is 2.31. The van der Waals surface area contributed by atoms with Crippen LogP contribution in [0.2, 0.25) is 0 Å². The van der Waals surface area contributed by atoms with Gasteiger partial charge in [-0.05, 0) is 74.2 Å². The molecule has 0 radical (unpaired) electrons. The molecule has 2 atom stereocenters. The molecule has 2 aromatic carbocycles. The highest BCUT2D eigenvalue weighted by Gasteiger charge is 2.33. The Morgan fingerprint density at radius 1 is 0.697 bits per heavy atom. The lowest BCUT2D eigenvalue weighted by Crippen LogP contribution is -2.40. The van der Waals surface area contributed by atoms with Crippen molar-refractivity contribution in [1.82, 2.24) is 0 Å². The van der Waals surface area contributed by atoms with Gasteiger partial charge in [-0.15, -0.1) is 0 Å². The molecule has 2 saturated heterocycles. The van der Waals surface area contributed by atoms with Crippen LogP contribution in [0.4, 0.5) is 0 Å². The molecular weight excluding hydrogens is 424 g/mol. The summed E-state index contributed by atoms with van der Waals surface area (Å²) in [7, 11) is 0. The lowest BCUT2D eigenvalue weighted by Gasteiger charge is -2.34. The van der Waals surface area contributed by atoms with Crippen LogP contribution in [-0.4, -0.2) is 37.0 Å². The third-order valence-electron chi connectivity index (χ3n) is 5.36. The molecule has 2 aliphatic rings. The van der Waals surface area contributed by atoms with Crippen LogP contribution in [0.15, 0.2) is 61.7 Å². The van der Waals surface area contributed by atoms with Gasteiger partial charge in [0.25, 0.3) is 0 Å². The zero-order chi connectivity index (χ0) is 23.6. The maximum atomic E-state index is 5.97. The van der Waals surface area contributed by atoms with Crippen molar-refractivity contribution in [3.8, 4) is 11.5 Å². The number of hydrogen-bond acceptors (Lipinski definition) is 7. The van der Waals surface area contributed by atoms with Crippen LogP contribution in [0.1, 0.15) is 38.8 Å². The first-order chi connectivity index (χ1) is 15.6. The second-order valence-electron chi connectivity index (χ2n) is 8.96. The molecule has 2 aromatic rings. The average Bonchev–Trinajstić information content (AvgIpc) is 2.79. The molecule has 0 N–H and O–H groups in total. The molecule has 2 unspecified atom stereocenters. The fourth-order valence-electron chi connectivity index (χ4n) is 3.30. The van der Waals surface area contributed by atoms with Crippen molar-refractivity contribution >= 4 is 11.1 Å². The topological polar surface area (TPSA) is 64.6 Å². The summed E-state index contributed by atoms with van der Waals surface area (Å²) in [6.07, 6.45) is -0.721. The summed E-state index contributed by atoms with van der Waals surface area (Å²) < 4.78 is 17.2. The van der Waals surface area contributed by atoms with Gasteiger partial charge in [-0.1, -0.05) is 37.4 Å². The van der Waals surface area contributed by atoms with Crippen molar-refractivity contribution in [2.75, 3.05) is 13.2 Å². The molecule has 7 heteroatoms. The van der Waals surface area contributed by atoms with E-state index in [4.69, 9.17) is 33.8 Å². The van der Waals surface area contributed by atoms with Crippen molar-refractivity contribution in [2.45, 2.75) is 51.5 Å². The molecule has 4 rings (SSSR count). The second kappa shape index (κ2) is 9.38. The van der Waals surface area contributed by atoms with E-state index in [1.807, 2.05) is 48.5 Å². The van der Waals surface area contributed by atoms with Crippen LogP contribution in [0.3, 0.4) is 0 Å². The summed E-state index contributed by atoms with van der Waals surface area (Å²) in [5.74, 6) is -0.0942. The van der Waals surface area contributed by atoms with Gasteiger partial charge in [0.1, 0.15) is 23.7 Å². The first-order valence-corrected chi connectivity index (χ1v) is 10.9. The molecule has 176 valence electrons. The Kier molecular flexibility index (Phi) is 6.72. The van der Waals surface area contributed by atoms with E-state index in [2.05, 4.69) is 13.2 Å². The minimum atomic E-state index is -0.752. The van der Waals surface area contributed by atoms with E-state index >= 15 is 0 Å². The average molecular weight is 455 g/mol. The third-order valence-corrected chi connectivity index (χ3v) is 5.36. The first-order valence-electron chi connectivity index (χ1n) is 10.9. The summed E-state index contributed by atoms with van der Waals surface area (Å²) in [6, 6.07) is 15.3. The molecule has 0 bridgehead atoms. The van der Waals surface area contributed by atoms with Gasteiger partial charge in [0.15, 0.2) is 11.6 Å². The standard InChI is InChI=1S/C26H30O7/c1-17(23-15-27-25(3,4)32-30-23)19-7-11-21(12-8-19)29-22-13-9-20(10-14-22)18(2)24-16-28-26(5,6)33-31-24/h7-14,23-24H,1-2,15-16H2,3-6H3. The number of benzene rings is 2. The summed E-state index contributed by atoms with van der Waals surface area (Å²) in [4.78, 5) is 21.4. The molecule has 2 aliphatic heterocycles. The maximum Gasteiger partial charge on any atom is 0.196 e. The second-order valence-corrected chi connectivity index (χ2v) is 8.96. The molecule has 0 amide bonds. The van der Waals surface area contributed by atoms with Gasteiger partial charge >= 0.3 is 0 Å². The van der Waals surface area contributed by atoms with Gasteiger partial charge in [-0.25, -0.2) is 19.6 Å². The van der Waals surface area contributed by atoms with Crippen LogP contribution >= 0.6 is 0 Å². The first kappa shape index (κ1) is 23.6. The van der Waals surface area contributed by atoms with E-state index < -0.39 is 11.6 Å². The Morgan fingerprint density at radius 2 is 1.06 bits per heavy atom. The quantitative estimate of drug-likeness (QED) is 0.521. The highest BCUT2D eigenvalue weighted by molar-refractivity contribution is 5.68. The van der Waals surface area contributed by atoms with Crippen LogP contribution in [0.25, 0.3) is 11.1 Å². The van der Waals surface area contributed by atoms with Gasteiger partial charge in [0, 0.05) is 0 Å². The van der Waals surface area contributed by atoms with E-state index in [1.54, 1.807) is 27.7 Å². The maximum absolute atomic E-state index is 5.97. The van der Waals surface area contributed by atoms with Gasteiger partial charge in [-0.3, -0.25) is 0 Å². The lowest BCUT2D eigenvalue weighted by molar-refractivity contribution is -0.467. The Labute approximate surface area is 194 Å². The number of rotatable bonds is 6. The predicted molar refractivity (Wildman–Crippen MR) is 123 cm³/mol. The van der Waals surface area contributed by atoms with Crippen LogP contribution < -0.4 is 4.74 Å². The molecule has 33 heavy (non-hydrogen) atoms. The zero-order valence-corrected chi connectivity index (χ0v) is 19.5. The van der Waals surface area contributed by atoms with E-state index in [9.17, 15) is 0 Å². The zero-order valence-electron chi connectivity index (χ0n) is 19.5. The summed E-state index contributed by atoms with van der Waals surface area (Å²) in [5, 5.41) is 0. The molecule has 0 aliphatic carbocycles. The fraction of sp³-hybridized carbons (Fsp3) is 0.385. The van der Waals surface area contributed by atoms with Gasteiger partial charge < -0.3 is 14.2 Å². The van der Waals surface area contributed by atoms with Gasteiger partial charge in [-0.2, -0.15) is 0 Å². The number of ether oxygens (including phenoxy) is 3. The monoisotopic (exact) mass is 454 g/mol. The molecule has 0 aromatic heterocycles. The molecule has 7 nitrogen and oxygen atoms in total. The Bertz CT molecular complexity index is 891. The van der Waals surface area contributed by atoms with Crippen LogP contribution in [0.5, 0.6) is 11.5 Å². The van der Waals surface area contributed by atoms with Crippen molar-refractivity contribution in [3.63, 3.8) is 0 Å². The normalized spacial score (nSPS) is 24.1.